The van der Waals surface area contributed by atoms with Crippen molar-refractivity contribution in [3.05, 3.63) is 29.3 Å². The topological polar surface area (TPSA) is 21.3 Å². The van der Waals surface area contributed by atoms with Gasteiger partial charge in [0.05, 0.1) is 7.11 Å². The summed E-state index contributed by atoms with van der Waals surface area (Å²) in [6, 6.07) is 7.46. The minimum absolute atomic E-state index is 0.509. The van der Waals surface area contributed by atoms with Gasteiger partial charge in [0.1, 0.15) is 5.75 Å². The van der Waals surface area contributed by atoms with Crippen molar-refractivity contribution in [1.29, 1.82) is 0 Å². The van der Waals surface area contributed by atoms with Crippen LogP contribution in [0.25, 0.3) is 0 Å². The number of fused-ring (bicyclic) bond motifs is 1. The highest BCUT2D eigenvalue weighted by molar-refractivity contribution is 5.40. The van der Waals surface area contributed by atoms with Crippen molar-refractivity contribution in [2.75, 3.05) is 7.11 Å². The molecule has 0 spiro atoms. The van der Waals surface area contributed by atoms with Crippen LogP contribution in [0.1, 0.15) is 37.4 Å². The number of aryl methyl sites for hydroxylation is 1. The molecule has 2 heteroatoms. The summed E-state index contributed by atoms with van der Waals surface area (Å²) in [4.78, 5) is 0. The van der Waals surface area contributed by atoms with Crippen molar-refractivity contribution in [2.24, 2.45) is 0 Å². The second-order valence-electron chi connectivity index (χ2n) is 4.48. The standard InChI is InChI=1S/C13H19NO/c1-9(2)14-13-7-5-10-4-6-11(15-3)8-12(10)13/h4,6,8-9,13-14H,5,7H2,1-3H3. The lowest BCUT2D eigenvalue weighted by atomic mass is 10.1. The summed E-state index contributed by atoms with van der Waals surface area (Å²) in [5, 5.41) is 3.59. The number of nitrogens with one attached hydrogen (secondary N) is 1. The number of hydrogen-bond donors (Lipinski definition) is 1. The molecule has 0 aliphatic heterocycles. The molecule has 0 aromatic heterocycles. The molecule has 0 saturated carbocycles. The number of rotatable bonds is 3. The Kier molecular flexibility index (Phi) is 2.96. The first-order chi connectivity index (χ1) is 7.20. The molecule has 0 fully saturated rings. The van der Waals surface area contributed by atoms with Gasteiger partial charge in [-0.1, -0.05) is 19.9 Å². The SMILES string of the molecule is COc1ccc2c(c1)C(NC(C)C)CC2. The lowest BCUT2D eigenvalue weighted by Crippen LogP contribution is -2.26. The third-order valence-corrected chi connectivity index (χ3v) is 2.97. The quantitative estimate of drug-likeness (QED) is 0.819. The number of benzene rings is 1. The molecule has 0 radical (unpaired) electrons. The minimum Gasteiger partial charge on any atom is -0.497 e. The Hall–Kier alpha value is -1.02. The van der Waals surface area contributed by atoms with Crippen LogP contribution in [0.3, 0.4) is 0 Å². The van der Waals surface area contributed by atoms with E-state index in [1.807, 2.05) is 0 Å². The van der Waals surface area contributed by atoms with Crippen LogP contribution in [0.5, 0.6) is 5.75 Å². The molecular formula is C13H19NO. The van der Waals surface area contributed by atoms with E-state index in [4.69, 9.17) is 4.74 Å². The fraction of sp³-hybridized carbons (Fsp3) is 0.538. The molecule has 1 aromatic rings. The Morgan fingerprint density at radius 3 is 2.87 bits per heavy atom. The van der Waals surface area contributed by atoms with E-state index in [0.717, 1.165) is 5.75 Å². The van der Waals surface area contributed by atoms with Crippen LogP contribution in [0, 0.1) is 0 Å². The van der Waals surface area contributed by atoms with Gasteiger partial charge in [0.25, 0.3) is 0 Å². The average molecular weight is 205 g/mol. The van der Waals surface area contributed by atoms with Crippen LogP contribution in [-0.2, 0) is 6.42 Å². The highest BCUT2D eigenvalue weighted by Gasteiger charge is 2.22. The fourth-order valence-corrected chi connectivity index (χ4v) is 2.28. The summed E-state index contributed by atoms with van der Waals surface area (Å²) in [5.74, 6) is 0.964. The number of hydrogen-bond acceptors (Lipinski definition) is 2. The van der Waals surface area contributed by atoms with Gasteiger partial charge < -0.3 is 10.1 Å². The smallest absolute Gasteiger partial charge is 0.119 e. The van der Waals surface area contributed by atoms with Gasteiger partial charge in [-0.3, -0.25) is 0 Å². The van der Waals surface area contributed by atoms with Crippen LogP contribution in [0.15, 0.2) is 18.2 Å². The Morgan fingerprint density at radius 2 is 2.20 bits per heavy atom. The van der Waals surface area contributed by atoms with E-state index in [9.17, 15) is 0 Å². The maximum absolute atomic E-state index is 5.26. The van der Waals surface area contributed by atoms with Gasteiger partial charge in [0.15, 0.2) is 0 Å². The van der Waals surface area contributed by atoms with Gasteiger partial charge >= 0.3 is 0 Å². The molecule has 2 nitrogen and oxygen atoms in total. The molecule has 2 rings (SSSR count). The van der Waals surface area contributed by atoms with E-state index in [-0.39, 0.29) is 0 Å². The Labute approximate surface area is 91.6 Å². The molecule has 0 heterocycles. The van der Waals surface area contributed by atoms with Crippen molar-refractivity contribution in [2.45, 2.75) is 38.8 Å². The first-order valence-corrected chi connectivity index (χ1v) is 5.63. The van der Waals surface area contributed by atoms with E-state index < -0.39 is 0 Å². The summed E-state index contributed by atoms with van der Waals surface area (Å²) in [6.07, 6.45) is 2.39. The second kappa shape index (κ2) is 4.23. The van der Waals surface area contributed by atoms with Gasteiger partial charge in [0.2, 0.25) is 0 Å². The second-order valence-corrected chi connectivity index (χ2v) is 4.48. The third-order valence-electron chi connectivity index (χ3n) is 2.97. The predicted molar refractivity (Wildman–Crippen MR) is 62.3 cm³/mol. The predicted octanol–water partition coefficient (Wildman–Crippen LogP) is 2.68. The minimum atomic E-state index is 0.509. The monoisotopic (exact) mass is 205 g/mol. The molecule has 1 unspecified atom stereocenters. The van der Waals surface area contributed by atoms with Gasteiger partial charge in [0, 0.05) is 12.1 Å². The van der Waals surface area contributed by atoms with Crippen LogP contribution in [0.4, 0.5) is 0 Å². The summed E-state index contributed by atoms with van der Waals surface area (Å²) in [6.45, 7) is 4.39. The molecule has 0 bridgehead atoms. The highest BCUT2D eigenvalue weighted by Crippen LogP contribution is 2.33. The Morgan fingerprint density at radius 1 is 1.40 bits per heavy atom. The molecule has 1 atom stereocenters. The summed E-state index contributed by atoms with van der Waals surface area (Å²) >= 11 is 0. The van der Waals surface area contributed by atoms with E-state index in [2.05, 4.69) is 37.4 Å². The number of methoxy groups -OCH3 is 1. The Bertz CT molecular complexity index is 346. The lowest BCUT2D eigenvalue weighted by Gasteiger charge is -2.17. The van der Waals surface area contributed by atoms with Crippen molar-refractivity contribution in [3.8, 4) is 5.75 Å². The summed E-state index contributed by atoms with van der Waals surface area (Å²) < 4.78 is 5.26. The molecule has 0 saturated heterocycles. The summed E-state index contributed by atoms with van der Waals surface area (Å²) in [7, 11) is 1.72. The maximum atomic E-state index is 5.26. The zero-order chi connectivity index (χ0) is 10.8. The molecular weight excluding hydrogens is 186 g/mol. The largest absolute Gasteiger partial charge is 0.497 e. The average Bonchev–Trinajstić information content (AvgIpc) is 2.60. The van der Waals surface area contributed by atoms with Gasteiger partial charge in [-0.25, -0.2) is 0 Å². The van der Waals surface area contributed by atoms with Crippen LogP contribution in [0.2, 0.25) is 0 Å². The molecule has 1 aliphatic carbocycles. The van der Waals surface area contributed by atoms with Crippen LogP contribution < -0.4 is 10.1 Å². The van der Waals surface area contributed by atoms with Crippen molar-refractivity contribution >= 4 is 0 Å². The zero-order valence-corrected chi connectivity index (χ0v) is 9.71. The van der Waals surface area contributed by atoms with E-state index in [0.29, 0.717) is 12.1 Å². The number of ether oxygens (including phenoxy) is 1. The van der Waals surface area contributed by atoms with Crippen LogP contribution >= 0.6 is 0 Å². The Balaban J connectivity index is 2.23. The maximum Gasteiger partial charge on any atom is 0.119 e. The van der Waals surface area contributed by atoms with Crippen molar-refractivity contribution in [3.63, 3.8) is 0 Å². The van der Waals surface area contributed by atoms with Gasteiger partial charge in [-0.2, -0.15) is 0 Å². The summed E-state index contributed by atoms with van der Waals surface area (Å²) in [5.41, 5.74) is 2.89. The van der Waals surface area contributed by atoms with Gasteiger partial charge in [-0.05, 0) is 36.1 Å². The lowest BCUT2D eigenvalue weighted by molar-refractivity contribution is 0.412. The zero-order valence-electron chi connectivity index (χ0n) is 9.71. The molecule has 1 aromatic carbocycles. The molecule has 1 aliphatic rings. The van der Waals surface area contributed by atoms with Crippen LogP contribution in [-0.4, -0.2) is 13.2 Å². The first-order valence-electron chi connectivity index (χ1n) is 5.63. The first kappa shape index (κ1) is 10.5. The molecule has 0 amide bonds. The van der Waals surface area contributed by atoms with Crippen molar-refractivity contribution < 1.29 is 4.74 Å². The van der Waals surface area contributed by atoms with E-state index in [1.54, 1.807) is 7.11 Å². The molecule has 1 N–H and O–H groups in total. The normalized spacial score (nSPS) is 19.3. The van der Waals surface area contributed by atoms with E-state index in [1.165, 1.54) is 24.0 Å². The molecule has 82 valence electrons. The third kappa shape index (κ3) is 2.15. The van der Waals surface area contributed by atoms with Gasteiger partial charge in [-0.15, -0.1) is 0 Å². The van der Waals surface area contributed by atoms with Crippen molar-refractivity contribution in [1.82, 2.24) is 5.32 Å². The fourth-order valence-electron chi connectivity index (χ4n) is 2.28. The van der Waals surface area contributed by atoms with E-state index >= 15 is 0 Å². The molecule has 15 heavy (non-hydrogen) atoms. The highest BCUT2D eigenvalue weighted by atomic mass is 16.5.